The zero-order valence-corrected chi connectivity index (χ0v) is 12.5. The fourth-order valence-electron chi connectivity index (χ4n) is 2.23. The Morgan fingerprint density at radius 3 is 2.65 bits per heavy atom. The van der Waals surface area contributed by atoms with E-state index in [0.717, 1.165) is 36.5 Å². The number of nitrogens with one attached hydrogen (secondary N) is 1. The van der Waals surface area contributed by atoms with E-state index in [2.05, 4.69) is 5.32 Å². The SMILES string of the molecule is CS(=O)(=O)c1cc([N+](=O)[O-])c(NC2CCCCC2O)s1. The van der Waals surface area contributed by atoms with Gasteiger partial charge in [0.25, 0.3) is 0 Å². The van der Waals surface area contributed by atoms with Crippen molar-refractivity contribution in [2.24, 2.45) is 0 Å². The summed E-state index contributed by atoms with van der Waals surface area (Å²) in [6.45, 7) is 0. The molecule has 0 saturated heterocycles. The van der Waals surface area contributed by atoms with Crippen LogP contribution in [0.15, 0.2) is 10.3 Å². The van der Waals surface area contributed by atoms with Gasteiger partial charge in [-0.15, -0.1) is 0 Å². The van der Waals surface area contributed by atoms with Gasteiger partial charge in [-0.1, -0.05) is 24.2 Å². The standard InChI is InChI=1S/C11H16N2O5S2/c1-20(17,18)10-6-8(13(15)16)11(19-10)12-7-4-2-3-5-9(7)14/h6-7,9,12,14H,2-5H2,1H3. The van der Waals surface area contributed by atoms with Gasteiger partial charge in [0.1, 0.15) is 4.21 Å². The molecule has 1 aromatic heterocycles. The summed E-state index contributed by atoms with van der Waals surface area (Å²) in [5.74, 6) is 0. The number of sulfone groups is 1. The van der Waals surface area contributed by atoms with Crippen LogP contribution < -0.4 is 5.32 Å². The Morgan fingerprint density at radius 2 is 2.10 bits per heavy atom. The molecule has 2 atom stereocenters. The number of aliphatic hydroxyl groups excluding tert-OH is 1. The van der Waals surface area contributed by atoms with E-state index in [-0.39, 0.29) is 20.9 Å². The van der Waals surface area contributed by atoms with Crippen molar-refractivity contribution in [1.82, 2.24) is 0 Å². The first kappa shape index (κ1) is 15.2. The Balaban J connectivity index is 2.30. The molecule has 7 nitrogen and oxygen atoms in total. The van der Waals surface area contributed by atoms with Crippen LogP contribution in [0, 0.1) is 10.1 Å². The van der Waals surface area contributed by atoms with Gasteiger partial charge in [0, 0.05) is 12.3 Å². The van der Waals surface area contributed by atoms with E-state index in [1.54, 1.807) is 0 Å². The molecule has 1 aromatic rings. The Kier molecular flexibility index (Phi) is 4.31. The zero-order chi connectivity index (χ0) is 14.9. The Morgan fingerprint density at radius 1 is 1.45 bits per heavy atom. The molecular formula is C11H16N2O5S2. The maximum absolute atomic E-state index is 11.5. The van der Waals surface area contributed by atoms with Crippen molar-refractivity contribution in [3.8, 4) is 0 Å². The zero-order valence-electron chi connectivity index (χ0n) is 10.9. The van der Waals surface area contributed by atoms with Crippen LogP contribution in [0.4, 0.5) is 10.7 Å². The summed E-state index contributed by atoms with van der Waals surface area (Å²) >= 11 is 0.839. The molecule has 0 radical (unpaired) electrons. The molecule has 0 bridgehead atoms. The van der Waals surface area contributed by atoms with E-state index in [9.17, 15) is 23.6 Å². The van der Waals surface area contributed by atoms with Crippen molar-refractivity contribution < 1.29 is 18.4 Å². The molecule has 0 aliphatic heterocycles. The summed E-state index contributed by atoms with van der Waals surface area (Å²) in [5.41, 5.74) is -0.256. The van der Waals surface area contributed by atoms with Crippen LogP contribution in [0.1, 0.15) is 25.7 Å². The lowest BCUT2D eigenvalue weighted by molar-refractivity contribution is -0.383. The molecule has 1 aliphatic carbocycles. The van der Waals surface area contributed by atoms with Crippen molar-refractivity contribution in [2.75, 3.05) is 11.6 Å². The topological polar surface area (TPSA) is 110 Å². The van der Waals surface area contributed by atoms with Crippen LogP contribution in [0.2, 0.25) is 0 Å². The number of anilines is 1. The fourth-order valence-corrected chi connectivity index (χ4v) is 4.23. The number of thiophene rings is 1. The van der Waals surface area contributed by atoms with Gasteiger partial charge < -0.3 is 10.4 Å². The van der Waals surface area contributed by atoms with Crippen molar-refractivity contribution in [3.63, 3.8) is 0 Å². The fraction of sp³-hybridized carbons (Fsp3) is 0.636. The molecule has 112 valence electrons. The summed E-state index contributed by atoms with van der Waals surface area (Å²) < 4.78 is 22.9. The van der Waals surface area contributed by atoms with Gasteiger partial charge in [-0.05, 0) is 12.8 Å². The number of hydrogen-bond donors (Lipinski definition) is 2. The number of nitrogens with zero attached hydrogens (tertiary/aromatic N) is 1. The molecule has 20 heavy (non-hydrogen) atoms. The molecular weight excluding hydrogens is 304 g/mol. The second-order valence-electron chi connectivity index (χ2n) is 4.91. The van der Waals surface area contributed by atoms with Crippen LogP contribution in [0.5, 0.6) is 0 Å². The van der Waals surface area contributed by atoms with Gasteiger partial charge in [-0.3, -0.25) is 10.1 Å². The summed E-state index contributed by atoms with van der Waals surface area (Å²) in [5, 5.41) is 24.0. The van der Waals surface area contributed by atoms with E-state index >= 15 is 0 Å². The maximum atomic E-state index is 11.5. The Bertz CT molecular complexity index is 610. The number of hydrogen-bond acceptors (Lipinski definition) is 7. The predicted molar refractivity (Wildman–Crippen MR) is 76.0 cm³/mol. The first-order valence-corrected chi connectivity index (χ1v) is 8.92. The van der Waals surface area contributed by atoms with Gasteiger partial charge >= 0.3 is 5.69 Å². The number of rotatable bonds is 4. The van der Waals surface area contributed by atoms with Crippen LogP contribution in [0.3, 0.4) is 0 Å². The molecule has 2 rings (SSSR count). The van der Waals surface area contributed by atoms with Gasteiger partial charge in [-0.2, -0.15) is 0 Å². The van der Waals surface area contributed by atoms with Crippen LogP contribution in [-0.2, 0) is 9.84 Å². The normalized spacial score (nSPS) is 23.5. The molecule has 1 heterocycles. The molecule has 1 fully saturated rings. The minimum atomic E-state index is -3.48. The lowest BCUT2D eigenvalue weighted by Crippen LogP contribution is -2.36. The highest BCUT2D eigenvalue weighted by atomic mass is 32.2. The average molecular weight is 320 g/mol. The predicted octanol–water partition coefficient (Wildman–Crippen LogP) is 1.78. The van der Waals surface area contributed by atoms with Crippen LogP contribution in [0.25, 0.3) is 0 Å². The third-order valence-corrected chi connectivity index (χ3v) is 6.16. The summed E-state index contributed by atoms with van der Waals surface area (Å²) in [7, 11) is -3.48. The minimum absolute atomic E-state index is 0.0444. The van der Waals surface area contributed by atoms with Crippen LogP contribution in [-0.4, -0.2) is 36.8 Å². The average Bonchev–Trinajstić information content (AvgIpc) is 2.76. The monoisotopic (exact) mass is 320 g/mol. The van der Waals surface area contributed by atoms with E-state index < -0.39 is 20.9 Å². The highest BCUT2D eigenvalue weighted by molar-refractivity contribution is 7.92. The van der Waals surface area contributed by atoms with Gasteiger partial charge in [0.05, 0.1) is 17.1 Å². The second-order valence-corrected chi connectivity index (χ2v) is 8.21. The van der Waals surface area contributed by atoms with Crippen molar-refractivity contribution in [3.05, 3.63) is 16.2 Å². The quantitative estimate of drug-likeness (QED) is 0.646. The second kappa shape index (κ2) is 5.66. The van der Waals surface area contributed by atoms with Crippen molar-refractivity contribution in [2.45, 2.75) is 42.0 Å². The minimum Gasteiger partial charge on any atom is -0.391 e. The Hall–Kier alpha value is -1.19. The summed E-state index contributed by atoms with van der Waals surface area (Å²) in [6, 6.07) is 0.797. The summed E-state index contributed by atoms with van der Waals surface area (Å²) in [6.07, 6.45) is 3.68. The molecule has 2 unspecified atom stereocenters. The maximum Gasteiger partial charge on any atom is 0.304 e. The van der Waals surface area contributed by atoms with E-state index in [1.165, 1.54) is 0 Å². The first-order valence-electron chi connectivity index (χ1n) is 6.22. The highest BCUT2D eigenvalue weighted by Gasteiger charge is 2.29. The van der Waals surface area contributed by atoms with E-state index in [4.69, 9.17) is 0 Å². The number of nitro groups is 1. The lowest BCUT2D eigenvalue weighted by Gasteiger charge is -2.28. The molecule has 2 N–H and O–H groups in total. The third kappa shape index (κ3) is 3.28. The van der Waals surface area contributed by atoms with Crippen molar-refractivity contribution in [1.29, 1.82) is 0 Å². The largest absolute Gasteiger partial charge is 0.391 e. The Labute approximate surface area is 120 Å². The molecule has 9 heteroatoms. The van der Waals surface area contributed by atoms with E-state index in [0.29, 0.717) is 12.8 Å². The van der Waals surface area contributed by atoms with Crippen LogP contribution >= 0.6 is 11.3 Å². The van der Waals surface area contributed by atoms with Gasteiger partial charge in [0.2, 0.25) is 0 Å². The summed E-state index contributed by atoms with van der Waals surface area (Å²) in [4.78, 5) is 10.4. The number of aliphatic hydroxyl groups is 1. The lowest BCUT2D eigenvalue weighted by atomic mass is 9.93. The van der Waals surface area contributed by atoms with Gasteiger partial charge in [-0.25, -0.2) is 8.42 Å². The molecule has 1 aliphatic rings. The third-order valence-electron chi connectivity index (χ3n) is 3.30. The smallest absolute Gasteiger partial charge is 0.304 e. The molecule has 0 spiro atoms. The molecule has 0 aromatic carbocycles. The van der Waals surface area contributed by atoms with Crippen molar-refractivity contribution >= 4 is 31.9 Å². The molecule has 1 saturated carbocycles. The first-order chi connectivity index (χ1) is 9.29. The van der Waals surface area contributed by atoms with E-state index in [1.807, 2.05) is 0 Å². The highest BCUT2D eigenvalue weighted by Crippen LogP contribution is 2.38. The molecule has 0 amide bonds. The van der Waals surface area contributed by atoms with Gasteiger partial charge in [0.15, 0.2) is 14.8 Å².